The molecule has 0 saturated carbocycles. The summed E-state index contributed by atoms with van der Waals surface area (Å²) in [6.07, 6.45) is 3.42. The number of carbonyl (C=O) groups is 1. The zero-order valence-corrected chi connectivity index (χ0v) is 27.8. The number of hydrogen-bond acceptors (Lipinski definition) is 9. The first kappa shape index (κ1) is 31.3. The quantitative estimate of drug-likeness (QED) is 0.207. The maximum absolute atomic E-state index is 12.5. The van der Waals surface area contributed by atoms with Crippen LogP contribution >= 0.6 is 0 Å². The third-order valence-corrected chi connectivity index (χ3v) is 9.65. The SMILES string of the molecule is CC[C@H]1c2c(c(OC(C)=O)c(C)c(OC)c2OC)C=C2[C@H]3c4c(cc(C)c(OC)c4OCc4ccccc4)C[C@@H]([C@H](C#N)N21)N3C. The lowest BCUT2D eigenvalue weighted by Gasteiger charge is -2.57. The van der Waals surface area contributed by atoms with Crippen LogP contribution < -0.4 is 23.7 Å². The molecule has 0 unspecified atom stereocenters. The van der Waals surface area contributed by atoms with Crippen molar-refractivity contribution in [1.82, 2.24) is 9.80 Å². The Bertz CT molecular complexity index is 1760. The lowest BCUT2D eigenvalue weighted by atomic mass is 9.75. The van der Waals surface area contributed by atoms with Crippen LogP contribution in [0.25, 0.3) is 6.08 Å². The lowest BCUT2D eigenvalue weighted by Crippen LogP contribution is -2.61. The van der Waals surface area contributed by atoms with Gasteiger partial charge in [0.2, 0.25) is 0 Å². The van der Waals surface area contributed by atoms with Gasteiger partial charge in [0.25, 0.3) is 0 Å². The number of fused-ring (bicyclic) bond motifs is 7. The van der Waals surface area contributed by atoms with Crippen molar-refractivity contribution in [2.45, 2.75) is 71.3 Å². The zero-order chi connectivity index (χ0) is 32.9. The highest BCUT2D eigenvalue weighted by Crippen LogP contribution is 2.59. The number of likely N-dealkylation sites (N-methyl/N-ethyl adjacent to an activating group) is 1. The van der Waals surface area contributed by atoms with E-state index >= 15 is 0 Å². The summed E-state index contributed by atoms with van der Waals surface area (Å²) in [6, 6.07) is 13.9. The molecule has 2 bridgehead atoms. The van der Waals surface area contributed by atoms with Gasteiger partial charge in [-0.2, -0.15) is 5.26 Å². The molecule has 3 aliphatic rings. The predicted molar refractivity (Wildman–Crippen MR) is 174 cm³/mol. The normalized spacial score (nSPS) is 21.2. The summed E-state index contributed by atoms with van der Waals surface area (Å²) in [5.41, 5.74) is 7.39. The molecule has 3 heterocycles. The Morgan fingerprint density at radius 3 is 2.28 bits per heavy atom. The van der Waals surface area contributed by atoms with E-state index in [4.69, 9.17) is 23.7 Å². The van der Waals surface area contributed by atoms with E-state index in [0.717, 1.165) is 39.1 Å². The van der Waals surface area contributed by atoms with Gasteiger partial charge in [-0.15, -0.1) is 0 Å². The number of hydrogen-bond donors (Lipinski definition) is 0. The molecular formula is C37H41N3O6. The van der Waals surface area contributed by atoms with Crippen molar-refractivity contribution in [3.63, 3.8) is 0 Å². The molecule has 240 valence electrons. The second-order valence-electron chi connectivity index (χ2n) is 12.2. The average molecular weight is 624 g/mol. The molecular weight excluding hydrogens is 582 g/mol. The molecule has 1 saturated heterocycles. The van der Waals surface area contributed by atoms with E-state index in [1.807, 2.05) is 44.2 Å². The minimum absolute atomic E-state index is 0.0868. The third kappa shape index (κ3) is 4.74. The van der Waals surface area contributed by atoms with Gasteiger partial charge >= 0.3 is 5.97 Å². The van der Waals surface area contributed by atoms with Crippen LogP contribution in [0, 0.1) is 25.2 Å². The van der Waals surface area contributed by atoms with E-state index in [2.05, 4.69) is 42.0 Å². The molecule has 4 atom stereocenters. The molecule has 9 heteroatoms. The van der Waals surface area contributed by atoms with Crippen LogP contribution in [-0.4, -0.2) is 56.2 Å². The Hall–Kier alpha value is -4.68. The van der Waals surface area contributed by atoms with E-state index in [-0.39, 0.29) is 18.1 Å². The second kappa shape index (κ2) is 12.3. The minimum atomic E-state index is -0.455. The second-order valence-corrected chi connectivity index (χ2v) is 12.2. The van der Waals surface area contributed by atoms with Crippen LogP contribution in [-0.2, 0) is 17.8 Å². The highest BCUT2D eigenvalue weighted by atomic mass is 16.5. The van der Waals surface area contributed by atoms with Crippen molar-refractivity contribution in [1.29, 1.82) is 5.26 Å². The van der Waals surface area contributed by atoms with Gasteiger partial charge in [0, 0.05) is 40.9 Å². The summed E-state index contributed by atoms with van der Waals surface area (Å²) in [5, 5.41) is 10.8. The fourth-order valence-electron chi connectivity index (χ4n) is 7.79. The number of carbonyl (C=O) groups excluding carboxylic acids is 1. The summed E-state index contributed by atoms with van der Waals surface area (Å²) in [4.78, 5) is 17.0. The van der Waals surface area contributed by atoms with Crippen molar-refractivity contribution in [2.24, 2.45) is 0 Å². The minimum Gasteiger partial charge on any atom is -0.493 e. The molecule has 0 aliphatic carbocycles. The van der Waals surface area contributed by atoms with E-state index in [9.17, 15) is 10.1 Å². The molecule has 0 amide bonds. The monoisotopic (exact) mass is 623 g/mol. The topological polar surface area (TPSA) is 93.5 Å². The number of nitrogens with zero attached hydrogens (tertiary/aromatic N) is 3. The predicted octanol–water partition coefficient (Wildman–Crippen LogP) is 6.44. The van der Waals surface area contributed by atoms with E-state index in [1.54, 1.807) is 21.3 Å². The highest BCUT2D eigenvalue weighted by molar-refractivity contribution is 5.80. The molecule has 6 rings (SSSR count). The molecule has 1 fully saturated rings. The van der Waals surface area contributed by atoms with Gasteiger partial charge in [-0.25, -0.2) is 0 Å². The first-order chi connectivity index (χ1) is 22.2. The number of ether oxygens (including phenoxy) is 5. The molecule has 9 nitrogen and oxygen atoms in total. The molecule has 46 heavy (non-hydrogen) atoms. The van der Waals surface area contributed by atoms with Gasteiger partial charge in [0.1, 0.15) is 18.4 Å². The molecule has 0 spiro atoms. The van der Waals surface area contributed by atoms with Crippen LogP contribution in [0.4, 0.5) is 0 Å². The molecule has 0 aromatic heterocycles. The highest BCUT2D eigenvalue weighted by Gasteiger charge is 2.53. The number of benzene rings is 3. The van der Waals surface area contributed by atoms with Crippen molar-refractivity contribution >= 4 is 12.0 Å². The number of rotatable bonds is 8. The smallest absolute Gasteiger partial charge is 0.308 e. The Morgan fingerprint density at radius 2 is 1.67 bits per heavy atom. The van der Waals surface area contributed by atoms with Crippen LogP contribution in [0.3, 0.4) is 0 Å². The van der Waals surface area contributed by atoms with Crippen LogP contribution in [0.15, 0.2) is 42.1 Å². The standard InChI is InChI=1S/C37H41N3O6/c1-9-26-31-25(34(46-22(4)41)21(3)35(43-7)36(31)44-8)17-28-32-30-24(16-27(39(32)5)29(18-38)40(26)28)15-20(2)33(42-6)37(30)45-19-23-13-11-10-12-14-23/h10-15,17,26-27,29,32H,9,16,19H2,1-8H3/t26-,27-,29-,32-/m0/s1. The van der Waals surface area contributed by atoms with Crippen LogP contribution in [0.5, 0.6) is 28.7 Å². The maximum atomic E-state index is 12.5. The number of methoxy groups -OCH3 is 3. The number of nitriles is 1. The summed E-state index contributed by atoms with van der Waals surface area (Å²) in [5.74, 6) is 2.50. The van der Waals surface area contributed by atoms with Crippen molar-refractivity contribution in [2.75, 3.05) is 28.4 Å². The third-order valence-electron chi connectivity index (χ3n) is 9.65. The fraction of sp³-hybridized carbons (Fsp3) is 0.405. The first-order valence-electron chi connectivity index (χ1n) is 15.7. The molecule has 3 aromatic carbocycles. The van der Waals surface area contributed by atoms with Crippen LogP contribution in [0.2, 0.25) is 0 Å². The maximum Gasteiger partial charge on any atom is 0.308 e. The van der Waals surface area contributed by atoms with E-state index < -0.39 is 12.0 Å². The van der Waals surface area contributed by atoms with Gasteiger partial charge in [-0.05, 0) is 56.5 Å². The fourth-order valence-corrected chi connectivity index (χ4v) is 7.79. The van der Waals surface area contributed by atoms with E-state index in [1.165, 1.54) is 6.92 Å². The molecule has 0 radical (unpaired) electrons. The molecule has 0 N–H and O–H groups in total. The summed E-state index contributed by atoms with van der Waals surface area (Å²) >= 11 is 0. The Labute approximate surface area is 270 Å². The van der Waals surface area contributed by atoms with Crippen molar-refractivity contribution in [3.05, 3.63) is 81.0 Å². The largest absolute Gasteiger partial charge is 0.493 e. The van der Waals surface area contributed by atoms with Gasteiger partial charge in [-0.3, -0.25) is 9.69 Å². The first-order valence-corrected chi connectivity index (χ1v) is 15.7. The summed E-state index contributed by atoms with van der Waals surface area (Å²) in [6.45, 7) is 7.78. The Kier molecular flexibility index (Phi) is 8.34. The number of esters is 1. The Morgan fingerprint density at radius 1 is 0.978 bits per heavy atom. The molecule has 3 aliphatic heterocycles. The van der Waals surface area contributed by atoms with Gasteiger partial charge in [0.05, 0.1) is 39.5 Å². The van der Waals surface area contributed by atoms with Gasteiger partial charge in [0.15, 0.2) is 23.0 Å². The zero-order valence-electron chi connectivity index (χ0n) is 27.8. The van der Waals surface area contributed by atoms with Crippen LogP contribution in [0.1, 0.15) is 71.3 Å². The van der Waals surface area contributed by atoms with Gasteiger partial charge < -0.3 is 28.6 Å². The van der Waals surface area contributed by atoms with Gasteiger partial charge in [-0.1, -0.05) is 43.3 Å². The number of piperazine rings is 1. The van der Waals surface area contributed by atoms with E-state index in [0.29, 0.717) is 53.8 Å². The average Bonchev–Trinajstić information content (AvgIpc) is 3.04. The summed E-state index contributed by atoms with van der Waals surface area (Å²) in [7, 11) is 6.96. The van der Waals surface area contributed by atoms with Crippen molar-refractivity contribution in [3.8, 4) is 34.8 Å². The molecule has 3 aromatic rings. The Balaban J connectivity index is 1.65. The van der Waals surface area contributed by atoms with Crippen molar-refractivity contribution < 1.29 is 28.5 Å². The summed E-state index contributed by atoms with van der Waals surface area (Å²) < 4.78 is 30.4. The lowest BCUT2D eigenvalue weighted by molar-refractivity contribution is -0.131. The number of aryl methyl sites for hydroxylation is 1.